The Balaban J connectivity index is 1.80. The predicted octanol–water partition coefficient (Wildman–Crippen LogP) is 1.73. The fourth-order valence-electron chi connectivity index (χ4n) is 1.93. The molecule has 0 radical (unpaired) electrons. The zero-order chi connectivity index (χ0) is 14.4. The number of carbonyl (C=O) groups excluding carboxylic acids is 1. The predicted molar refractivity (Wildman–Crippen MR) is 76.0 cm³/mol. The summed E-state index contributed by atoms with van der Waals surface area (Å²) in [4.78, 5) is 15.9. The third-order valence-electron chi connectivity index (χ3n) is 2.95. The van der Waals surface area contributed by atoms with Crippen LogP contribution >= 0.6 is 0 Å². The molecule has 2 aromatic rings. The van der Waals surface area contributed by atoms with Crippen molar-refractivity contribution in [2.24, 2.45) is 0 Å². The molecule has 6 nitrogen and oxygen atoms in total. The molecule has 0 saturated heterocycles. The SMILES string of the molecule is C[C@H](Cn1cccn1)NC(=O)N[C@@H](C)c1ccncc1. The zero-order valence-corrected chi connectivity index (χ0v) is 11.7. The monoisotopic (exact) mass is 273 g/mol. The molecule has 0 spiro atoms. The first kappa shape index (κ1) is 14.0. The van der Waals surface area contributed by atoms with Gasteiger partial charge in [0.15, 0.2) is 0 Å². The van der Waals surface area contributed by atoms with Crippen LogP contribution in [0.3, 0.4) is 0 Å². The fourth-order valence-corrected chi connectivity index (χ4v) is 1.93. The van der Waals surface area contributed by atoms with Crippen LogP contribution in [0.5, 0.6) is 0 Å². The number of carbonyl (C=O) groups is 1. The van der Waals surface area contributed by atoms with Gasteiger partial charge >= 0.3 is 6.03 Å². The topological polar surface area (TPSA) is 71.8 Å². The van der Waals surface area contributed by atoms with Crippen molar-refractivity contribution in [1.29, 1.82) is 0 Å². The molecule has 0 aliphatic heterocycles. The second-order valence-electron chi connectivity index (χ2n) is 4.75. The van der Waals surface area contributed by atoms with E-state index in [2.05, 4.69) is 20.7 Å². The van der Waals surface area contributed by atoms with Crippen molar-refractivity contribution in [3.05, 3.63) is 48.5 Å². The molecule has 20 heavy (non-hydrogen) atoms. The van der Waals surface area contributed by atoms with Gasteiger partial charge in [-0.05, 0) is 37.6 Å². The van der Waals surface area contributed by atoms with E-state index >= 15 is 0 Å². The number of urea groups is 1. The highest BCUT2D eigenvalue weighted by atomic mass is 16.2. The summed E-state index contributed by atoms with van der Waals surface area (Å²) in [7, 11) is 0. The smallest absolute Gasteiger partial charge is 0.315 e. The number of hydrogen-bond donors (Lipinski definition) is 2. The van der Waals surface area contributed by atoms with E-state index < -0.39 is 0 Å². The largest absolute Gasteiger partial charge is 0.334 e. The molecule has 0 bridgehead atoms. The van der Waals surface area contributed by atoms with Crippen molar-refractivity contribution < 1.29 is 4.79 Å². The Morgan fingerprint density at radius 2 is 2.00 bits per heavy atom. The number of rotatable bonds is 5. The van der Waals surface area contributed by atoms with Gasteiger partial charge in [-0.3, -0.25) is 9.67 Å². The maximum absolute atomic E-state index is 11.9. The van der Waals surface area contributed by atoms with Crippen LogP contribution in [0.2, 0.25) is 0 Å². The average Bonchev–Trinajstić information content (AvgIpc) is 2.92. The lowest BCUT2D eigenvalue weighted by Gasteiger charge is -2.18. The van der Waals surface area contributed by atoms with Crippen molar-refractivity contribution in [1.82, 2.24) is 25.4 Å². The maximum Gasteiger partial charge on any atom is 0.315 e. The van der Waals surface area contributed by atoms with Gasteiger partial charge in [-0.2, -0.15) is 5.10 Å². The molecule has 2 N–H and O–H groups in total. The van der Waals surface area contributed by atoms with Gasteiger partial charge in [0.2, 0.25) is 0 Å². The van der Waals surface area contributed by atoms with Gasteiger partial charge in [0.1, 0.15) is 0 Å². The second kappa shape index (κ2) is 6.70. The quantitative estimate of drug-likeness (QED) is 0.871. The summed E-state index contributed by atoms with van der Waals surface area (Å²) < 4.78 is 1.79. The third-order valence-corrected chi connectivity index (χ3v) is 2.95. The summed E-state index contributed by atoms with van der Waals surface area (Å²) in [6.07, 6.45) is 7.02. The number of amides is 2. The van der Waals surface area contributed by atoms with Crippen molar-refractivity contribution in [3.8, 4) is 0 Å². The number of hydrogen-bond acceptors (Lipinski definition) is 3. The first-order valence-electron chi connectivity index (χ1n) is 6.59. The molecule has 2 amide bonds. The molecule has 0 aliphatic carbocycles. The highest BCUT2D eigenvalue weighted by molar-refractivity contribution is 5.74. The number of nitrogens with one attached hydrogen (secondary N) is 2. The minimum Gasteiger partial charge on any atom is -0.334 e. The van der Waals surface area contributed by atoms with E-state index in [-0.39, 0.29) is 18.1 Å². The van der Waals surface area contributed by atoms with Gasteiger partial charge in [0.05, 0.1) is 12.6 Å². The Bertz CT molecular complexity index is 526. The lowest BCUT2D eigenvalue weighted by atomic mass is 10.1. The molecule has 0 fully saturated rings. The Morgan fingerprint density at radius 3 is 2.65 bits per heavy atom. The highest BCUT2D eigenvalue weighted by Gasteiger charge is 2.11. The van der Waals surface area contributed by atoms with E-state index in [1.165, 1.54) is 0 Å². The lowest BCUT2D eigenvalue weighted by Crippen LogP contribution is -2.43. The molecular formula is C14H19N5O. The molecule has 0 saturated carbocycles. The van der Waals surface area contributed by atoms with E-state index in [0.29, 0.717) is 6.54 Å². The van der Waals surface area contributed by atoms with E-state index in [0.717, 1.165) is 5.56 Å². The Hall–Kier alpha value is -2.37. The minimum absolute atomic E-state index is 0.000426. The standard InChI is InChI=1S/C14H19N5O/c1-11(10-19-9-3-6-16-19)17-14(20)18-12(2)13-4-7-15-8-5-13/h3-9,11-12H,10H2,1-2H3,(H2,17,18,20)/t11-,12+/m1/s1. The Kier molecular flexibility index (Phi) is 4.70. The van der Waals surface area contributed by atoms with Crippen LogP contribution in [0.15, 0.2) is 43.0 Å². The molecule has 2 rings (SSSR count). The molecule has 2 atom stereocenters. The zero-order valence-electron chi connectivity index (χ0n) is 11.7. The van der Waals surface area contributed by atoms with Crippen LogP contribution in [0.1, 0.15) is 25.5 Å². The van der Waals surface area contributed by atoms with Crippen LogP contribution in [0, 0.1) is 0 Å². The fraction of sp³-hybridized carbons (Fsp3) is 0.357. The average molecular weight is 273 g/mol. The summed E-state index contributed by atoms with van der Waals surface area (Å²) in [5.74, 6) is 0. The van der Waals surface area contributed by atoms with Crippen molar-refractivity contribution in [2.45, 2.75) is 32.5 Å². The molecule has 0 aromatic carbocycles. The van der Waals surface area contributed by atoms with Gasteiger partial charge in [-0.1, -0.05) is 0 Å². The summed E-state index contributed by atoms with van der Waals surface area (Å²) in [5, 5.41) is 9.90. The van der Waals surface area contributed by atoms with Gasteiger partial charge in [-0.25, -0.2) is 4.79 Å². The molecular weight excluding hydrogens is 254 g/mol. The summed E-state index contributed by atoms with van der Waals surface area (Å²) >= 11 is 0. The van der Waals surface area contributed by atoms with E-state index in [1.807, 2.05) is 38.2 Å². The van der Waals surface area contributed by atoms with Crippen LogP contribution in [-0.2, 0) is 6.54 Å². The minimum atomic E-state index is -0.186. The number of nitrogens with zero attached hydrogens (tertiary/aromatic N) is 3. The Morgan fingerprint density at radius 1 is 1.25 bits per heavy atom. The second-order valence-corrected chi connectivity index (χ2v) is 4.75. The molecule has 2 heterocycles. The molecule has 6 heteroatoms. The van der Waals surface area contributed by atoms with E-state index in [4.69, 9.17) is 0 Å². The van der Waals surface area contributed by atoms with E-state index in [1.54, 1.807) is 23.3 Å². The lowest BCUT2D eigenvalue weighted by molar-refractivity contribution is 0.233. The van der Waals surface area contributed by atoms with Crippen molar-refractivity contribution >= 4 is 6.03 Å². The van der Waals surface area contributed by atoms with E-state index in [9.17, 15) is 4.79 Å². The number of pyridine rings is 1. The van der Waals surface area contributed by atoms with Gasteiger partial charge in [0, 0.05) is 30.8 Å². The van der Waals surface area contributed by atoms with Gasteiger partial charge < -0.3 is 10.6 Å². The number of aromatic nitrogens is 3. The van der Waals surface area contributed by atoms with Crippen molar-refractivity contribution in [3.63, 3.8) is 0 Å². The molecule has 0 aliphatic rings. The normalized spacial score (nSPS) is 13.5. The van der Waals surface area contributed by atoms with Gasteiger partial charge in [-0.15, -0.1) is 0 Å². The molecule has 2 aromatic heterocycles. The van der Waals surface area contributed by atoms with Crippen LogP contribution in [0.4, 0.5) is 4.79 Å². The van der Waals surface area contributed by atoms with Crippen molar-refractivity contribution in [2.75, 3.05) is 0 Å². The molecule has 0 unspecified atom stereocenters. The molecule has 106 valence electrons. The van der Waals surface area contributed by atoms with Crippen LogP contribution < -0.4 is 10.6 Å². The maximum atomic E-state index is 11.9. The Labute approximate surface area is 118 Å². The highest BCUT2D eigenvalue weighted by Crippen LogP contribution is 2.09. The first-order chi connectivity index (χ1) is 9.65. The summed E-state index contributed by atoms with van der Waals surface area (Å²) in [6, 6.07) is 5.39. The first-order valence-corrected chi connectivity index (χ1v) is 6.59. The van der Waals surface area contributed by atoms with Gasteiger partial charge in [0.25, 0.3) is 0 Å². The van der Waals surface area contributed by atoms with Crippen LogP contribution in [-0.4, -0.2) is 26.8 Å². The summed E-state index contributed by atoms with van der Waals surface area (Å²) in [5.41, 5.74) is 1.02. The summed E-state index contributed by atoms with van der Waals surface area (Å²) in [6.45, 7) is 4.52. The van der Waals surface area contributed by atoms with Crippen LogP contribution in [0.25, 0.3) is 0 Å². The third kappa shape index (κ3) is 4.08.